The van der Waals surface area contributed by atoms with Gasteiger partial charge >= 0.3 is 0 Å². The molecule has 11 heavy (non-hydrogen) atoms. The van der Waals surface area contributed by atoms with Crippen molar-refractivity contribution in [2.75, 3.05) is 0 Å². The van der Waals surface area contributed by atoms with Crippen LogP contribution in [0.3, 0.4) is 0 Å². The highest BCUT2D eigenvalue weighted by Gasteiger charge is 2.37. The zero-order valence-corrected chi connectivity index (χ0v) is 6.23. The van der Waals surface area contributed by atoms with Gasteiger partial charge in [-0.3, -0.25) is 0 Å². The average Bonchev–Trinajstić information content (AvgIpc) is 2.85. The molecule has 1 aromatic rings. The summed E-state index contributed by atoms with van der Waals surface area (Å²) in [5.74, 6) is 0.825. The maximum absolute atomic E-state index is 10.4. The van der Waals surface area contributed by atoms with Gasteiger partial charge in [-0.2, -0.15) is 0 Å². The van der Waals surface area contributed by atoms with Crippen LogP contribution < -0.4 is 0 Å². The molecule has 0 heterocycles. The normalized spacial score (nSPS) is 28.0. The van der Waals surface area contributed by atoms with Crippen LogP contribution in [0.4, 0.5) is 0 Å². The predicted octanol–water partition coefficient (Wildman–Crippen LogP) is 1.99. The Morgan fingerprint density at radius 1 is 1.27 bits per heavy atom. The lowest BCUT2D eigenvalue weighted by atomic mass is 10.1. The maximum atomic E-state index is 10.4. The molecular weight excluding hydrogens is 136 g/mol. The molecule has 1 heteroatoms. The van der Waals surface area contributed by atoms with E-state index in [1.807, 2.05) is 18.2 Å². The Bertz CT molecular complexity index is 253. The SMILES string of the molecule is O=CC1CC1c1ccccc1. The van der Waals surface area contributed by atoms with Gasteiger partial charge in [0.1, 0.15) is 6.29 Å². The number of carbonyl (C=O) groups is 1. The topological polar surface area (TPSA) is 17.1 Å². The van der Waals surface area contributed by atoms with Gasteiger partial charge in [-0.25, -0.2) is 0 Å². The van der Waals surface area contributed by atoms with Gasteiger partial charge in [0, 0.05) is 5.92 Å². The highest BCUT2D eigenvalue weighted by molar-refractivity contribution is 5.61. The van der Waals surface area contributed by atoms with Crippen LogP contribution in [0.15, 0.2) is 30.3 Å². The summed E-state index contributed by atoms with van der Waals surface area (Å²) in [7, 11) is 0. The van der Waals surface area contributed by atoms with Crippen molar-refractivity contribution in [2.45, 2.75) is 12.3 Å². The van der Waals surface area contributed by atoms with Crippen molar-refractivity contribution >= 4 is 6.29 Å². The summed E-state index contributed by atoms with van der Waals surface area (Å²) in [5.41, 5.74) is 1.31. The summed E-state index contributed by atoms with van der Waals surface area (Å²) in [6.45, 7) is 0. The second kappa shape index (κ2) is 2.50. The van der Waals surface area contributed by atoms with E-state index in [1.54, 1.807) is 0 Å². The van der Waals surface area contributed by atoms with Crippen LogP contribution >= 0.6 is 0 Å². The molecule has 1 aliphatic rings. The van der Waals surface area contributed by atoms with Crippen LogP contribution in [0.2, 0.25) is 0 Å². The van der Waals surface area contributed by atoms with E-state index in [4.69, 9.17) is 0 Å². The van der Waals surface area contributed by atoms with Crippen molar-refractivity contribution in [3.05, 3.63) is 35.9 Å². The van der Waals surface area contributed by atoms with Crippen molar-refractivity contribution in [3.8, 4) is 0 Å². The smallest absolute Gasteiger partial charge is 0.123 e. The second-order valence-electron chi connectivity index (χ2n) is 3.05. The average molecular weight is 146 g/mol. The van der Waals surface area contributed by atoms with E-state index in [0.29, 0.717) is 11.8 Å². The number of hydrogen-bond acceptors (Lipinski definition) is 1. The van der Waals surface area contributed by atoms with Crippen LogP contribution in [0.1, 0.15) is 17.9 Å². The standard InChI is InChI=1S/C10H10O/c11-7-9-6-10(9)8-4-2-1-3-5-8/h1-5,7,9-10H,6H2. The first-order valence-corrected chi connectivity index (χ1v) is 3.92. The van der Waals surface area contributed by atoms with E-state index in [9.17, 15) is 4.79 Å². The lowest BCUT2D eigenvalue weighted by molar-refractivity contribution is -0.108. The van der Waals surface area contributed by atoms with Gasteiger partial charge in [-0.1, -0.05) is 30.3 Å². The third-order valence-corrected chi connectivity index (χ3v) is 2.24. The van der Waals surface area contributed by atoms with Gasteiger partial charge in [0.2, 0.25) is 0 Å². The molecule has 1 aromatic carbocycles. The fraction of sp³-hybridized carbons (Fsp3) is 0.300. The first-order valence-electron chi connectivity index (χ1n) is 3.92. The predicted molar refractivity (Wildman–Crippen MR) is 43.4 cm³/mol. The molecule has 2 atom stereocenters. The molecule has 1 nitrogen and oxygen atoms in total. The largest absolute Gasteiger partial charge is 0.303 e. The van der Waals surface area contributed by atoms with E-state index < -0.39 is 0 Å². The maximum Gasteiger partial charge on any atom is 0.123 e. The fourth-order valence-electron chi connectivity index (χ4n) is 1.45. The zero-order chi connectivity index (χ0) is 7.68. The minimum Gasteiger partial charge on any atom is -0.303 e. The van der Waals surface area contributed by atoms with Crippen molar-refractivity contribution in [2.24, 2.45) is 5.92 Å². The summed E-state index contributed by atoms with van der Waals surface area (Å²) in [4.78, 5) is 10.4. The Balaban J connectivity index is 2.14. The number of rotatable bonds is 2. The lowest BCUT2D eigenvalue weighted by Gasteiger charge is -1.94. The van der Waals surface area contributed by atoms with Crippen molar-refractivity contribution < 1.29 is 4.79 Å². The third-order valence-electron chi connectivity index (χ3n) is 2.24. The Labute approximate surface area is 66.0 Å². The third kappa shape index (κ3) is 1.18. The molecule has 0 aliphatic heterocycles. The van der Waals surface area contributed by atoms with Crippen LogP contribution in [-0.2, 0) is 4.79 Å². The van der Waals surface area contributed by atoms with E-state index in [2.05, 4.69) is 12.1 Å². The number of carbonyl (C=O) groups excluding carboxylic acids is 1. The van der Waals surface area contributed by atoms with E-state index >= 15 is 0 Å². The Kier molecular flexibility index (Phi) is 1.50. The Morgan fingerprint density at radius 3 is 2.55 bits per heavy atom. The van der Waals surface area contributed by atoms with Gasteiger partial charge < -0.3 is 4.79 Å². The van der Waals surface area contributed by atoms with Crippen LogP contribution in [-0.4, -0.2) is 6.29 Å². The van der Waals surface area contributed by atoms with Crippen LogP contribution in [0.25, 0.3) is 0 Å². The van der Waals surface area contributed by atoms with Crippen LogP contribution in [0, 0.1) is 5.92 Å². The highest BCUT2D eigenvalue weighted by atomic mass is 16.1. The van der Waals surface area contributed by atoms with Gasteiger partial charge in [0.25, 0.3) is 0 Å². The second-order valence-corrected chi connectivity index (χ2v) is 3.05. The van der Waals surface area contributed by atoms with E-state index in [-0.39, 0.29) is 0 Å². The highest BCUT2D eigenvalue weighted by Crippen LogP contribution is 2.45. The summed E-state index contributed by atoms with van der Waals surface area (Å²) in [5, 5.41) is 0. The summed E-state index contributed by atoms with van der Waals surface area (Å²) in [6.07, 6.45) is 2.12. The molecule has 0 saturated heterocycles. The minimum atomic E-state index is 0.303. The molecule has 1 aliphatic carbocycles. The molecule has 2 unspecified atom stereocenters. The molecular formula is C10H10O. The van der Waals surface area contributed by atoms with Crippen molar-refractivity contribution in [1.29, 1.82) is 0 Å². The molecule has 0 N–H and O–H groups in total. The molecule has 0 aromatic heterocycles. The molecule has 0 amide bonds. The van der Waals surface area contributed by atoms with Gasteiger partial charge in [0.05, 0.1) is 0 Å². The number of benzene rings is 1. The van der Waals surface area contributed by atoms with Gasteiger partial charge in [0.15, 0.2) is 0 Å². The Morgan fingerprint density at radius 2 is 2.00 bits per heavy atom. The number of hydrogen-bond donors (Lipinski definition) is 0. The molecule has 1 fully saturated rings. The zero-order valence-electron chi connectivity index (χ0n) is 6.23. The molecule has 0 radical (unpaired) electrons. The fourth-order valence-corrected chi connectivity index (χ4v) is 1.45. The van der Waals surface area contributed by atoms with Gasteiger partial charge in [-0.15, -0.1) is 0 Å². The van der Waals surface area contributed by atoms with Crippen molar-refractivity contribution in [1.82, 2.24) is 0 Å². The lowest BCUT2D eigenvalue weighted by Crippen LogP contribution is -1.82. The minimum absolute atomic E-state index is 0.303. The molecule has 0 spiro atoms. The summed E-state index contributed by atoms with van der Waals surface area (Å²) < 4.78 is 0. The van der Waals surface area contributed by atoms with Crippen LogP contribution in [0.5, 0.6) is 0 Å². The molecule has 2 rings (SSSR count). The summed E-state index contributed by atoms with van der Waals surface area (Å²) in [6, 6.07) is 10.2. The molecule has 1 saturated carbocycles. The Hall–Kier alpha value is -1.11. The van der Waals surface area contributed by atoms with Crippen molar-refractivity contribution in [3.63, 3.8) is 0 Å². The molecule has 0 bridgehead atoms. The first kappa shape index (κ1) is 6.59. The molecule has 56 valence electrons. The number of aldehydes is 1. The first-order chi connectivity index (χ1) is 5.42. The van der Waals surface area contributed by atoms with E-state index in [1.165, 1.54) is 5.56 Å². The monoisotopic (exact) mass is 146 g/mol. The van der Waals surface area contributed by atoms with E-state index in [0.717, 1.165) is 12.7 Å². The quantitative estimate of drug-likeness (QED) is 0.583. The summed E-state index contributed by atoms with van der Waals surface area (Å²) >= 11 is 0. The van der Waals surface area contributed by atoms with Gasteiger partial charge in [-0.05, 0) is 17.9 Å².